The molecule has 0 saturated carbocycles. The van der Waals surface area contributed by atoms with Crippen molar-refractivity contribution in [1.29, 1.82) is 0 Å². The summed E-state index contributed by atoms with van der Waals surface area (Å²) >= 11 is 0. The number of carbonyl (C=O) groups excluding carboxylic acids is 1. The zero-order valence-corrected chi connectivity index (χ0v) is 17.6. The molecule has 2 aromatic carbocycles. The molecular weight excluding hydrogens is 408 g/mol. The van der Waals surface area contributed by atoms with E-state index in [1.54, 1.807) is 0 Å². The Balaban J connectivity index is 1.05. The molecule has 0 amide bonds. The SMILES string of the molecule is O=C(OCCCn1nnc(-c2ccccc2)n1)C1CCN(c2nc3ccccc3o2)CC1. The first-order valence-electron chi connectivity index (χ1n) is 10.9. The number of rotatable bonds is 7. The van der Waals surface area contributed by atoms with E-state index in [0.29, 0.717) is 31.4 Å². The first kappa shape index (κ1) is 20.2. The maximum absolute atomic E-state index is 12.5. The third-order valence-corrected chi connectivity index (χ3v) is 5.61. The molecule has 0 atom stereocenters. The molecule has 9 heteroatoms. The molecule has 2 aromatic heterocycles. The molecule has 164 valence electrons. The van der Waals surface area contributed by atoms with Crippen LogP contribution in [-0.4, -0.2) is 50.9 Å². The number of aryl methyl sites for hydroxylation is 1. The van der Waals surface area contributed by atoms with Gasteiger partial charge in [0.25, 0.3) is 6.01 Å². The Morgan fingerprint density at radius 2 is 1.84 bits per heavy atom. The zero-order chi connectivity index (χ0) is 21.8. The highest BCUT2D eigenvalue weighted by atomic mass is 16.5. The topological polar surface area (TPSA) is 99.2 Å². The summed E-state index contributed by atoms with van der Waals surface area (Å²) in [5.41, 5.74) is 2.55. The van der Waals surface area contributed by atoms with Crippen LogP contribution in [0, 0.1) is 5.92 Å². The van der Waals surface area contributed by atoms with Gasteiger partial charge in [0.05, 0.1) is 19.1 Å². The molecule has 32 heavy (non-hydrogen) atoms. The van der Waals surface area contributed by atoms with Gasteiger partial charge in [0.15, 0.2) is 5.58 Å². The lowest BCUT2D eigenvalue weighted by Crippen LogP contribution is -2.37. The Morgan fingerprint density at radius 1 is 1.06 bits per heavy atom. The summed E-state index contributed by atoms with van der Waals surface area (Å²) in [4.78, 5) is 20.6. The summed E-state index contributed by atoms with van der Waals surface area (Å²) in [6.07, 6.45) is 2.09. The fourth-order valence-corrected chi connectivity index (χ4v) is 3.84. The second-order valence-electron chi connectivity index (χ2n) is 7.82. The third kappa shape index (κ3) is 4.46. The van der Waals surface area contributed by atoms with Crippen molar-refractivity contribution in [3.63, 3.8) is 0 Å². The molecule has 9 nitrogen and oxygen atoms in total. The van der Waals surface area contributed by atoms with Crippen LogP contribution in [0.4, 0.5) is 6.01 Å². The second-order valence-corrected chi connectivity index (χ2v) is 7.82. The molecule has 0 unspecified atom stereocenters. The van der Waals surface area contributed by atoms with Gasteiger partial charge in [-0.1, -0.05) is 42.5 Å². The highest BCUT2D eigenvalue weighted by molar-refractivity contribution is 5.75. The van der Waals surface area contributed by atoms with Gasteiger partial charge in [0, 0.05) is 25.1 Å². The number of ether oxygens (including phenoxy) is 1. The highest BCUT2D eigenvalue weighted by Crippen LogP contribution is 2.26. The van der Waals surface area contributed by atoms with Crippen molar-refractivity contribution in [2.45, 2.75) is 25.8 Å². The molecule has 1 aliphatic heterocycles. The average Bonchev–Trinajstić information content (AvgIpc) is 3.50. The standard InChI is InChI=1S/C23H24N6O3/c30-22(31-16-6-13-29-26-21(25-27-29)17-7-2-1-3-8-17)18-11-14-28(15-12-18)23-24-19-9-4-5-10-20(19)32-23/h1-5,7-10,18H,6,11-16H2. The van der Waals surface area contributed by atoms with Crippen molar-refractivity contribution in [2.75, 3.05) is 24.6 Å². The number of hydrogen-bond acceptors (Lipinski definition) is 8. The predicted octanol–water partition coefficient (Wildman–Crippen LogP) is 3.33. The average molecular weight is 432 g/mol. The summed E-state index contributed by atoms with van der Waals surface area (Å²) in [7, 11) is 0. The van der Waals surface area contributed by atoms with Crippen LogP contribution in [0.5, 0.6) is 0 Å². The van der Waals surface area contributed by atoms with Crippen molar-refractivity contribution < 1.29 is 13.9 Å². The first-order chi connectivity index (χ1) is 15.8. The number of para-hydroxylation sites is 2. The Morgan fingerprint density at radius 3 is 2.66 bits per heavy atom. The Labute approximate surface area is 185 Å². The second kappa shape index (κ2) is 9.17. The lowest BCUT2D eigenvalue weighted by molar-refractivity contribution is -0.149. The normalized spacial score (nSPS) is 14.7. The van der Waals surface area contributed by atoms with Crippen LogP contribution in [0.2, 0.25) is 0 Å². The number of hydrogen-bond donors (Lipinski definition) is 0. The Bertz CT molecular complexity index is 1150. The number of piperidine rings is 1. The molecule has 0 aliphatic carbocycles. The minimum atomic E-state index is -0.140. The van der Waals surface area contributed by atoms with Gasteiger partial charge in [0.2, 0.25) is 5.82 Å². The maximum Gasteiger partial charge on any atom is 0.309 e. The van der Waals surface area contributed by atoms with Crippen LogP contribution >= 0.6 is 0 Å². The fourth-order valence-electron chi connectivity index (χ4n) is 3.84. The van der Waals surface area contributed by atoms with Crippen LogP contribution in [0.25, 0.3) is 22.5 Å². The molecule has 0 bridgehead atoms. The smallest absolute Gasteiger partial charge is 0.309 e. The highest BCUT2D eigenvalue weighted by Gasteiger charge is 2.28. The van der Waals surface area contributed by atoms with Gasteiger partial charge in [-0.3, -0.25) is 4.79 Å². The van der Waals surface area contributed by atoms with E-state index in [1.165, 1.54) is 4.80 Å². The first-order valence-corrected chi connectivity index (χ1v) is 10.9. The van der Waals surface area contributed by atoms with E-state index < -0.39 is 0 Å². The summed E-state index contributed by atoms with van der Waals surface area (Å²) in [6.45, 7) is 2.32. The zero-order valence-electron chi connectivity index (χ0n) is 17.6. The lowest BCUT2D eigenvalue weighted by atomic mass is 9.97. The molecule has 3 heterocycles. The van der Waals surface area contributed by atoms with Gasteiger partial charge in [-0.15, -0.1) is 10.2 Å². The van der Waals surface area contributed by atoms with Crippen molar-refractivity contribution in [3.8, 4) is 11.4 Å². The van der Waals surface area contributed by atoms with Gasteiger partial charge in [-0.05, 0) is 30.2 Å². The summed E-state index contributed by atoms with van der Waals surface area (Å²) in [5.74, 6) is 0.358. The number of fused-ring (bicyclic) bond motifs is 1. The number of nitrogens with zero attached hydrogens (tertiary/aromatic N) is 6. The van der Waals surface area contributed by atoms with E-state index in [9.17, 15) is 4.79 Å². The van der Waals surface area contributed by atoms with Crippen LogP contribution in [-0.2, 0) is 16.1 Å². The molecule has 1 fully saturated rings. The number of tetrazole rings is 1. The Kier molecular flexibility index (Phi) is 5.78. The van der Waals surface area contributed by atoms with Gasteiger partial charge in [-0.25, -0.2) is 0 Å². The van der Waals surface area contributed by atoms with E-state index in [0.717, 1.165) is 42.6 Å². The van der Waals surface area contributed by atoms with E-state index in [1.807, 2.05) is 54.6 Å². The summed E-state index contributed by atoms with van der Waals surface area (Å²) in [6, 6.07) is 18.0. The Hall–Kier alpha value is -3.75. The molecule has 0 N–H and O–H groups in total. The van der Waals surface area contributed by atoms with Crippen LogP contribution in [0.3, 0.4) is 0 Å². The third-order valence-electron chi connectivity index (χ3n) is 5.61. The number of carbonyl (C=O) groups is 1. The molecule has 1 aliphatic rings. The quantitative estimate of drug-likeness (QED) is 0.324. The number of esters is 1. The van der Waals surface area contributed by atoms with E-state index in [2.05, 4.69) is 25.3 Å². The van der Waals surface area contributed by atoms with E-state index in [4.69, 9.17) is 9.15 Å². The molecule has 1 saturated heterocycles. The fraction of sp³-hybridized carbons (Fsp3) is 0.348. The summed E-state index contributed by atoms with van der Waals surface area (Å²) in [5, 5.41) is 12.5. The van der Waals surface area contributed by atoms with Gasteiger partial charge < -0.3 is 14.1 Å². The largest absolute Gasteiger partial charge is 0.465 e. The monoisotopic (exact) mass is 432 g/mol. The molecule has 0 spiro atoms. The molecule has 4 aromatic rings. The van der Waals surface area contributed by atoms with Crippen LogP contribution in [0.1, 0.15) is 19.3 Å². The number of anilines is 1. The van der Waals surface area contributed by atoms with E-state index >= 15 is 0 Å². The number of oxazole rings is 1. The van der Waals surface area contributed by atoms with Crippen molar-refractivity contribution in [3.05, 3.63) is 54.6 Å². The minimum Gasteiger partial charge on any atom is -0.465 e. The van der Waals surface area contributed by atoms with Gasteiger partial charge >= 0.3 is 5.97 Å². The van der Waals surface area contributed by atoms with Crippen LogP contribution in [0.15, 0.2) is 59.0 Å². The maximum atomic E-state index is 12.5. The molecule has 5 rings (SSSR count). The molecule has 0 radical (unpaired) electrons. The minimum absolute atomic E-state index is 0.0928. The molecular formula is C23H24N6O3. The van der Waals surface area contributed by atoms with Crippen molar-refractivity contribution in [1.82, 2.24) is 25.2 Å². The van der Waals surface area contributed by atoms with E-state index in [-0.39, 0.29) is 11.9 Å². The lowest BCUT2D eigenvalue weighted by Gasteiger charge is -2.29. The van der Waals surface area contributed by atoms with Crippen molar-refractivity contribution in [2.24, 2.45) is 5.92 Å². The number of aromatic nitrogens is 5. The number of benzene rings is 2. The van der Waals surface area contributed by atoms with Crippen LogP contribution < -0.4 is 4.90 Å². The van der Waals surface area contributed by atoms with Gasteiger partial charge in [-0.2, -0.15) is 9.78 Å². The summed E-state index contributed by atoms with van der Waals surface area (Å²) < 4.78 is 11.3. The van der Waals surface area contributed by atoms with Crippen molar-refractivity contribution >= 4 is 23.1 Å². The predicted molar refractivity (Wildman–Crippen MR) is 118 cm³/mol. The van der Waals surface area contributed by atoms with Gasteiger partial charge in [0.1, 0.15) is 5.52 Å².